The molecule has 128 valence electrons. The third-order valence-corrected chi connectivity index (χ3v) is 4.14. The predicted octanol–water partition coefficient (Wildman–Crippen LogP) is 3.87. The van der Waals surface area contributed by atoms with Gasteiger partial charge in [0.25, 0.3) is 0 Å². The molecule has 0 unspecified atom stereocenters. The van der Waals surface area contributed by atoms with Gasteiger partial charge in [-0.05, 0) is 36.2 Å². The summed E-state index contributed by atoms with van der Waals surface area (Å²) >= 11 is 0. The molecule has 2 aromatic rings. The molecule has 0 saturated heterocycles. The minimum atomic E-state index is -0.613. The summed E-state index contributed by atoms with van der Waals surface area (Å²) in [4.78, 5) is 17.8. The van der Waals surface area contributed by atoms with Gasteiger partial charge < -0.3 is 10.2 Å². The maximum absolute atomic E-state index is 13.8. The van der Waals surface area contributed by atoms with E-state index in [0.29, 0.717) is 5.56 Å². The van der Waals surface area contributed by atoms with E-state index < -0.39 is 11.6 Å². The van der Waals surface area contributed by atoms with Crippen molar-refractivity contribution >= 4 is 6.03 Å². The van der Waals surface area contributed by atoms with Crippen LogP contribution >= 0.6 is 0 Å². The number of halogens is 2. The number of rotatable bonds is 5. The third kappa shape index (κ3) is 4.28. The van der Waals surface area contributed by atoms with Crippen molar-refractivity contribution in [2.24, 2.45) is 0 Å². The van der Waals surface area contributed by atoms with Gasteiger partial charge in [0.15, 0.2) is 0 Å². The highest BCUT2D eigenvalue weighted by molar-refractivity contribution is 5.74. The molecule has 4 nitrogen and oxygen atoms in total. The molecule has 1 aromatic carbocycles. The molecular formula is C18H21F2N3O. The van der Waals surface area contributed by atoms with Crippen molar-refractivity contribution in [1.29, 1.82) is 0 Å². The molecule has 2 amide bonds. The lowest BCUT2D eigenvalue weighted by Gasteiger charge is -2.26. The zero-order valence-corrected chi connectivity index (χ0v) is 14.0. The standard InChI is InChI=1S/C18H21F2N3O/c1-12(16-5-4-15(19)10-17(16)20)11-22-18(24)23(3)13(2)14-6-8-21-9-7-14/h4-10,12-13H,11H2,1-3H3,(H,22,24)/t12-,13+/m0/s1. The number of hydrogen-bond donors (Lipinski definition) is 1. The normalized spacial score (nSPS) is 13.2. The Morgan fingerprint density at radius 2 is 1.88 bits per heavy atom. The molecule has 1 N–H and O–H groups in total. The number of amides is 2. The molecule has 0 radical (unpaired) electrons. The minimum Gasteiger partial charge on any atom is -0.337 e. The number of carbonyl (C=O) groups is 1. The lowest BCUT2D eigenvalue weighted by molar-refractivity contribution is 0.194. The SMILES string of the molecule is C[C@H](c1ccncc1)N(C)C(=O)NC[C@H](C)c1ccc(F)cc1F. The lowest BCUT2D eigenvalue weighted by atomic mass is 10.0. The lowest BCUT2D eigenvalue weighted by Crippen LogP contribution is -2.40. The van der Waals surface area contributed by atoms with Gasteiger partial charge in [0, 0.05) is 38.0 Å². The second-order valence-electron chi connectivity index (χ2n) is 5.82. The van der Waals surface area contributed by atoms with Gasteiger partial charge in [0.2, 0.25) is 0 Å². The van der Waals surface area contributed by atoms with Crippen LogP contribution in [0.2, 0.25) is 0 Å². The Morgan fingerprint density at radius 1 is 1.21 bits per heavy atom. The molecule has 0 bridgehead atoms. The number of aromatic nitrogens is 1. The van der Waals surface area contributed by atoms with Gasteiger partial charge in [0.1, 0.15) is 11.6 Å². The van der Waals surface area contributed by atoms with E-state index in [1.807, 2.05) is 19.1 Å². The fourth-order valence-electron chi connectivity index (χ4n) is 2.42. The minimum absolute atomic E-state index is 0.120. The summed E-state index contributed by atoms with van der Waals surface area (Å²) in [6.45, 7) is 3.95. The van der Waals surface area contributed by atoms with Crippen molar-refractivity contribution in [1.82, 2.24) is 15.2 Å². The fraction of sp³-hybridized carbons (Fsp3) is 0.333. The molecule has 1 heterocycles. The smallest absolute Gasteiger partial charge is 0.317 e. The van der Waals surface area contributed by atoms with Crippen LogP contribution in [0.3, 0.4) is 0 Å². The van der Waals surface area contributed by atoms with Crippen LogP contribution in [0.1, 0.15) is 36.9 Å². The summed E-state index contributed by atoms with van der Waals surface area (Å²) in [6, 6.07) is 6.81. The first-order valence-electron chi connectivity index (χ1n) is 7.75. The second-order valence-corrected chi connectivity index (χ2v) is 5.82. The summed E-state index contributed by atoms with van der Waals surface area (Å²) in [5, 5.41) is 2.78. The van der Waals surface area contributed by atoms with Crippen molar-refractivity contribution in [2.45, 2.75) is 25.8 Å². The van der Waals surface area contributed by atoms with Gasteiger partial charge in [-0.2, -0.15) is 0 Å². The number of nitrogens with zero attached hydrogens (tertiary/aromatic N) is 2. The molecule has 2 rings (SSSR count). The van der Waals surface area contributed by atoms with Crippen molar-refractivity contribution in [3.63, 3.8) is 0 Å². The first-order chi connectivity index (χ1) is 11.4. The highest BCUT2D eigenvalue weighted by atomic mass is 19.1. The van der Waals surface area contributed by atoms with E-state index in [-0.39, 0.29) is 24.5 Å². The second kappa shape index (κ2) is 7.86. The highest BCUT2D eigenvalue weighted by Crippen LogP contribution is 2.20. The number of pyridine rings is 1. The molecule has 0 saturated carbocycles. The molecule has 0 aliphatic heterocycles. The number of nitrogens with one attached hydrogen (secondary N) is 1. The Hall–Kier alpha value is -2.50. The van der Waals surface area contributed by atoms with E-state index in [2.05, 4.69) is 10.3 Å². The van der Waals surface area contributed by atoms with E-state index in [1.165, 1.54) is 12.1 Å². The molecule has 24 heavy (non-hydrogen) atoms. The summed E-state index contributed by atoms with van der Waals surface area (Å²) in [5.41, 5.74) is 1.35. The number of urea groups is 1. The van der Waals surface area contributed by atoms with Crippen molar-refractivity contribution in [2.75, 3.05) is 13.6 Å². The first kappa shape index (κ1) is 17.8. The average Bonchev–Trinajstić information content (AvgIpc) is 2.58. The van der Waals surface area contributed by atoms with Crippen LogP contribution in [0.25, 0.3) is 0 Å². The van der Waals surface area contributed by atoms with Crippen LogP contribution in [0, 0.1) is 11.6 Å². The maximum atomic E-state index is 13.8. The molecule has 0 aliphatic rings. The van der Waals surface area contributed by atoms with Gasteiger partial charge >= 0.3 is 6.03 Å². The number of hydrogen-bond acceptors (Lipinski definition) is 2. The molecule has 0 fully saturated rings. The van der Waals surface area contributed by atoms with E-state index in [4.69, 9.17) is 0 Å². The Labute approximate surface area is 140 Å². The van der Waals surface area contributed by atoms with E-state index in [1.54, 1.807) is 31.3 Å². The zero-order chi connectivity index (χ0) is 17.7. The molecular weight excluding hydrogens is 312 g/mol. The summed E-state index contributed by atoms with van der Waals surface area (Å²) < 4.78 is 26.7. The van der Waals surface area contributed by atoms with Crippen LogP contribution in [0.5, 0.6) is 0 Å². The van der Waals surface area contributed by atoms with Gasteiger partial charge in [0.05, 0.1) is 6.04 Å². The Kier molecular flexibility index (Phi) is 5.84. The van der Waals surface area contributed by atoms with Crippen molar-refractivity contribution < 1.29 is 13.6 Å². The van der Waals surface area contributed by atoms with Crippen molar-refractivity contribution in [3.8, 4) is 0 Å². The molecule has 1 aromatic heterocycles. The monoisotopic (exact) mass is 333 g/mol. The van der Waals surface area contributed by atoms with Gasteiger partial charge in [-0.3, -0.25) is 4.98 Å². The van der Waals surface area contributed by atoms with Gasteiger partial charge in [-0.1, -0.05) is 13.0 Å². The summed E-state index contributed by atoms with van der Waals surface area (Å²) in [5.74, 6) is -1.48. The van der Waals surface area contributed by atoms with E-state index in [0.717, 1.165) is 11.6 Å². The topological polar surface area (TPSA) is 45.2 Å². The fourth-order valence-corrected chi connectivity index (χ4v) is 2.42. The Balaban J connectivity index is 1.94. The van der Waals surface area contributed by atoms with Crippen LogP contribution in [-0.4, -0.2) is 29.5 Å². The van der Waals surface area contributed by atoms with Crippen LogP contribution in [-0.2, 0) is 0 Å². The first-order valence-corrected chi connectivity index (χ1v) is 7.75. The quantitative estimate of drug-likeness (QED) is 0.903. The highest BCUT2D eigenvalue weighted by Gasteiger charge is 2.19. The Bertz CT molecular complexity index is 694. The van der Waals surface area contributed by atoms with Crippen LogP contribution in [0.15, 0.2) is 42.7 Å². The van der Waals surface area contributed by atoms with Gasteiger partial charge in [-0.15, -0.1) is 0 Å². The molecule has 0 aliphatic carbocycles. The number of benzene rings is 1. The Morgan fingerprint density at radius 3 is 2.50 bits per heavy atom. The van der Waals surface area contributed by atoms with Crippen LogP contribution < -0.4 is 5.32 Å². The predicted molar refractivity (Wildman–Crippen MR) is 88.6 cm³/mol. The average molecular weight is 333 g/mol. The van der Waals surface area contributed by atoms with E-state index >= 15 is 0 Å². The summed E-state index contributed by atoms with van der Waals surface area (Å²) in [7, 11) is 1.70. The van der Waals surface area contributed by atoms with Crippen molar-refractivity contribution in [3.05, 3.63) is 65.5 Å². The molecule has 2 atom stereocenters. The zero-order valence-electron chi connectivity index (χ0n) is 14.0. The number of carbonyl (C=O) groups excluding carboxylic acids is 1. The summed E-state index contributed by atoms with van der Waals surface area (Å²) in [6.07, 6.45) is 3.36. The van der Waals surface area contributed by atoms with E-state index in [9.17, 15) is 13.6 Å². The third-order valence-electron chi connectivity index (χ3n) is 4.14. The molecule has 6 heteroatoms. The van der Waals surface area contributed by atoms with Gasteiger partial charge in [-0.25, -0.2) is 13.6 Å². The van der Waals surface area contributed by atoms with Crippen LogP contribution in [0.4, 0.5) is 13.6 Å². The maximum Gasteiger partial charge on any atom is 0.317 e. The largest absolute Gasteiger partial charge is 0.337 e. The molecule has 0 spiro atoms.